The Morgan fingerprint density at radius 3 is 2.75 bits per heavy atom. The topological polar surface area (TPSA) is 25.2 Å². The highest BCUT2D eigenvalue weighted by atomic mass is 19.1. The van der Waals surface area contributed by atoms with Gasteiger partial charge in [-0.25, -0.2) is 8.78 Å². The number of halogens is 2. The summed E-state index contributed by atoms with van der Waals surface area (Å²) in [5, 5.41) is 2.99. The van der Waals surface area contributed by atoms with Crippen molar-refractivity contribution in [1.29, 1.82) is 0 Å². The van der Waals surface area contributed by atoms with Gasteiger partial charge >= 0.3 is 0 Å². The molecule has 1 atom stereocenters. The summed E-state index contributed by atoms with van der Waals surface area (Å²) in [5.74, 6) is -1.22. The van der Waals surface area contributed by atoms with Crippen molar-refractivity contribution in [2.75, 3.05) is 7.05 Å². The highest BCUT2D eigenvalue weighted by Gasteiger charge is 2.13. The van der Waals surface area contributed by atoms with Crippen LogP contribution in [0.15, 0.2) is 22.8 Å². The van der Waals surface area contributed by atoms with Crippen LogP contribution in [0.1, 0.15) is 12.5 Å². The summed E-state index contributed by atoms with van der Waals surface area (Å²) >= 11 is 0. The standard InChI is InChI=1S/C12H13F2NO/c1-7(15-2)3-8-4-9(13)12-10(14)6-16-11(12)5-8/h4-7,15H,3H2,1-2H3/t7-/m0/s1. The summed E-state index contributed by atoms with van der Waals surface area (Å²) in [4.78, 5) is 0. The Hall–Kier alpha value is -1.42. The van der Waals surface area contributed by atoms with E-state index in [9.17, 15) is 8.78 Å². The van der Waals surface area contributed by atoms with Crippen LogP contribution in [0, 0.1) is 11.6 Å². The second-order valence-electron chi connectivity index (χ2n) is 3.93. The molecule has 86 valence electrons. The first-order valence-corrected chi connectivity index (χ1v) is 5.14. The maximum Gasteiger partial charge on any atom is 0.172 e. The first-order valence-electron chi connectivity index (χ1n) is 5.14. The normalized spacial score (nSPS) is 13.2. The maximum atomic E-state index is 13.6. The van der Waals surface area contributed by atoms with Crippen molar-refractivity contribution in [1.82, 2.24) is 5.32 Å². The van der Waals surface area contributed by atoms with Gasteiger partial charge in [0.25, 0.3) is 0 Å². The average Bonchev–Trinajstić information content (AvgIpc) is 2.60. The van der Waals surface area contributed by atoms with E-state index in [4.69, 9.17) is 4.42 Å². The molecule has 0 radical (unpaired) electrons. The highest BCUT2D eigenvalue weighted by molar-refractivity contribution is 5.79. The van der Waals surface area contributed by atoms with Gasteiger partial charge in [0.1, 0.15) is 17.7 Å². The number of rotatable bonds is 3. The molecule has 0 amide bonds. The Bertz CT molecular complexity index is 507. The van der Waals surface area contributed by atoms with E-state index in [-0.39, 0.29) is 17.0 Å². The van der Waals surface area contributed by atoms with Crippen molar-refractivity contribution in [3.05, 3.63) is 35.6 Å². The zero-order valence-electron chi connectivity index (χ0n) is 9.18. The fourth-order valence-corrected chi connectivity index (χ4v) is 1.71. The molecule has 0 aliphatic rings. The number of likely N-dealkylation sites (N-methyl/N-ethyl adjacent to an activating group) is 1. The molecular weight excluding hydrogens is 212 g/mol. The van der Waals surface area contributed by atoms with Crippen molar-refractivity contribution in [2.24, 2.45) is 0 Å². The number of furan rings is 1. The molecule has 1 heterocycles. The first-order chi connectivity index (χ1) is 7.61. The lowest BCUT2D eigenvalue weighted by atomic mass is 10.1. The number of benzene rings is 1. The largest absolute Gasteiger partial charge is 0.461 e. The molecule has 0 saturated carbocycles. The van der Waals surface area contributed by atoms with Gasteiger partial charge < -0.3 is 9.73 Å². The smallest absolute Gasteiger partial charge is 0.172 e. The van der Waals surface area contributed by atoms with Gasteiger partial charge in [0, 0.05) is 6.04 Å². The minimum Gasteiger partial charge on any atom is -0.461 e. The predicted molar refractivity (Wildman–Crippen MR) is 58.4 cm³/mol. The zero-order chi connectivity index (χ0) is 11.7. The van der Waals surface area contributed by atoms with E-state index in [1.165, 1.54) is 6.07 Å². The van der Waals surface area contributed by atoms with Crippen LogP contribution in [0.3, 0.4) is 0 Å². The second kappa shape index (κ2) is 4.22. The number of fused-ring (bicyclic) bond motifs is 1. The fraction of sp³-hybridized carbons (Fsp3) is 0.333. The van der Waals surface area contributed by atoms with Gasteiger partial charge in [0.2, 0.25) is 0 Å². The summed E-state index contributed by atoms with van der Waals surface area (Å²) in [6.07, 6.45) is 1.60. The molecule has 0 aliphatic carbocycles. The third-order valence-corrected chi connectivity index (χ3v) is 2.68. The zero-order valence-corrected chi connectivity index (χ0v) is 9.18. The Morgan fingerprint density at radius 2 is 2.06 bits per heavy atom. The van der Waals surface area contributed by atoms with Crippen LogP contribution in [0.4, 0.5) is 8.78 Å². The monoisotopic (exact) mass is 225 g/mol. The number of hydrogen-bond donors (Lipinski definition) is 1. The summed E-state index contributed by atoms with van der Waals surface area (Å²) < 4.78 is 31.6. The van der Waals surface area contributed by atoms with Crippen molar-refractivity contribution in [3.63, 3.8) is 0 Å². The maximum absolute atomic E-state index is 13.6. The molecule has 0 unspecified atom stereocenters. The Labute approximate surface area is 92.2 Å². The lowest BCUT2D eigenvalue weighted by Crippen LogP contribution is -2.23. The summed E-state index contributed by atoms with van der Waals surface area (Å²) in [6, 6.07) is 3.26. The molecule has 16 heavy (non-hydrogen) atoms. The van der Waals surface area contributed by atoms with E-state index < -0.39 is 11.6 Å². The lowest BCUT2D eigenvalue weighted by Gasteiger charge is -2.09. The van der Waals surface area contributed by atoms with E-state index in [1.54, 1.807) is 6.07 Å². The van der Waals surface area contributed by atoms with Gasteiger partial charge in [-0.1, -0.05) is 0 Å². The molecule has 0 bridgehead atoms. The van der Waals surface area contributed by atoms with E-state index in [1.807, 2.05) is 14.0 Å². The van der Waals surface area contributed by atoms with Crippen LogP contribution in [0.5, 0.6) is 0 Å². The highest BCUT2D eigenvalue weighted by Crippen LogP contribution is 2.25. The lowest BCUT2D eigenvalue weighted by molar-refractivity contribution is 0.557. The summed E-state index contributed by atoms with van der Waals surface area (Å²) in [6.45, 7) is 1.99. The van der Waals surface area contributed by atoms with Gasteiger partial charge in [-0.3, -0.25) is 0 Å². The fourth-order valence-electron chi connectivity index (χ4n) is 1.71. The molecule has 2 rings (SSSR count). The third kappa shape index (κ3) is 1.93. The van der Waals surface area contributed by atoms with Crippen LogP contribution in [0.25, 0.3) is 11.0 Å². The molecule has 1 aromatic heterocycles. The Morgan fingerprint density at radius 1 is 1.31 bits per heavy atom. The summed E-state index contributed by atoms with van der Waals surface area (Å²) in [7, 11) is 1.84. The van der Waals surface area contributed by atoms with Gasteiger partial charge in [-0.2, -0.15) is 0 Å². The molecule has 0 fully saturated rings. The van der Waals surface area contributed by atoms with Crippen molar-refractivity contribution in [3.8, 4) is 0 Å². The van der Waals surface area contributed by atoms with Gasteiger partial charge in [0.15, 0.2) is 5.82 Å². The van der Waals surface area contributed by atoms with Crippen LogP contribution >= 0.6 is 0 Å². The number of hydrogen-bond acceptors (Lipinski definition) is 2. The van der Waals surface area contributed by atoms with Crippen molar-refractivity contribution in [2.45, 2.75) is 19.4 Å². The molecule has 4 heteroatoms. The van der Waals surface area contributed by atoms with Crippen molar-refractivity contribution < 1.29 is 13.2 Å². The molecule has 0 spiro atoms. The van der Waals surface area contributed by atoms with Crippen LogP contribution in [-0.2, 0) is 6.42 Å². The number of nitrogens with one attached hydrogen (secondary N) is 1. The van der Waals surface area contributed by atoms with E-state index >= 15 is 0 Å². The van der Waals surface area contributed by atoms with Crippen molar-refractivity contribution >= 4 is 11.0 Å². The quantitative estimate of drug-likeness (QED) is 0.868. The van der Waals surface area contributed by atoms with Crippen LogP contribution < -0.4 is 5.32 Å². The van der Waals surface area contributed by atoms with Crippen LogP contribution in [-0.4, -0.2) is 13.1 Å². The van der Waals surface area contributed by atoms with Crippen LogP contribution in [0.2, 0.25) is 0 Å². The van der Waals surface area contributed by atoms with Gasteiger partial charge in [0.05, 0.1) is 5.39 Å². The second-order valence-corrected chi connectivity index (χ2v) is 3.93. The molecule has 2 aromatic rings. The Balaban J connectivity index is 2.42. The SMILES string of the molecule is CN[C@@H](C)Cc1cc(F)c2c(F)coc2c1. The Kier molecular flexibility index (Phi) is 2.92. The first kappa shape index (κ1) is 11.1. The van der Waals surface area contributed by atoms with Gasteiger partial charge in [-0.05, 0) is 38.1 Å². The van der Waals surface area contributed by atoms with E-state index in [0.29, 0.717) is 6.42 Å². The minimum absolute atomic E-state index is 0.0686. The van der Waals surface area contributed by atoms with E-state index in [2.05, 4.69) is 5.32 Å². The minimum atomic E-state index is -0.652. The average molecular weight is 225 g/mol. The third-order valence-electron chi connectivity index (χ3n) is 2.68. The molecule has 0 saturated heterocycles. The van der Waals surface area contributed by atoms with Gasteiger partial charge in [-0.15, -0.1) is 0 Å². The predicted octanol–water partition coefficient (Wildman–Crippen LogP) is 2.86. The molecule has 2 nitrogen and oxygen atoms in total. The van der Waals surface area contributed by atoms with E-state index in [0.717, 1.165) is 11.8 Å². The molecule has 1 aromatic carbocycles. The summed E-state index contributed by atoms with van der Waals surface area (Å²) in [5.41, 5.74) is 1.05. The molecule has 0 aliphatic heterocycles. The molecular formula is C12H13F2NO. The molecule has 1 N–H and O–H groups in total.